The second-order valence-corrected chi connectivity index (χ2v) is 8.45. The van der Waals surface area contributed by atoms with E-state index in [2.05, 4.69) is 22.2 Å². The lowest BCUT2D eigenvalue weighted by atomic mass is 9.83. The predicted octanol–water partition coefficient (Wildman–Crippen LogP) is 3.28. The highest BCUT2D eigenvalue weighted by Crippen LogP contribution is 2.30. The van der Waals surface area contributed by atoms with E-state index in [1.165, 1.54) is 7.05 Å². The highest BCUT2D eigenvalue weighted by Gasteiger charge is 2.21. The number of benzene rings is 1. The Morgan fingerprint density at radius 3 is 2.47 bits per heavy atom. The monoisotopic (exact) mass is 436 g/mol. The number of ether oxygens (including phenoxy) is 1. The summed E-state index contributed by atoms with van der Waals surface area (Å²) in [5.74, 6) is 2.73. The standard InChI is InChI=1S/C23H28N6O3/c1-15-6-8-16(9-7-15)14-29-21(27-22(30)28(2)23(29)31)25-17-10-12-18(13-11-17)32-20-5-3-4-19(24)26-20/h3-5,10-13,15-16H,6-9,14H2,1-2H3,(H2,24,26)(H,25,27,30). The number of anilines is 3. The molecule has 1 aromatic carbocycles. The van der Waals surface area contributed by atoms with Crippen LogP contribution in [-0.4, -0.2) is 19.1 Å². The van der Waals surface area contributed by atoms with Crippen molar-refractivity contribution >= 4 is 17.5 Å². The zero-order valence-electron chi connectivity index (χ0n) is 18.3. The minimum Gasteiger partial charge on any atom is -0.439 e. The molecule has 3 aromatic rings. The molecule has 0 amide bonds. The predicted molar refractivity (Wildman–Crippen MR) is 123 cm³/mol. The quantitative estimate of drug-likeness (QED) is 0.609. The Hall–Kier alpha value is -3.62. The molecule has 9 nitrogen and oxygen atoms in total. The SMILES string of the molecule is CC1CCC(Cn2c(Nc3ccc(Oc4cccc(N)n4)cc3)nc(=O)n(C)c2=O)CC1. The van der Waals surface area contributed by atoms with Crippen LogP contribution in [0.3, 0.4) is 0 Å². The maximum absolute atomic E-state index is 12.8. The number of hydrogen-bond acceptors (Lipinski definition) is 7. The number of nitrogens with two attached hydrogens (primary N) is 1. The smallest absolute Gasteiger partial charge is 0.354 e. The first-order chi connectivity index (χ1) is 15.4. The summed E-state index contributed by atoms with van der Waals surface area (Å²) in [6, 6.07) is 12.3. The number of nitrogens with one attached hydrogen (secondary N) is 1. The Morgan fingerprint density at radius 2 is 1.78 bits per heavy atom. The van der Waals surface area contributed by atoms with Crippen molar-refractivity contribution < 1.29 is 4.74 Å². The first kappa shape index (κ1) is 21.6. The van der Waals surface area contributed by atoms with Gasteiger partial charge in [0.05, 0.1) is 0 Å². The van der Waals surface area contributed by atoms with E-state index in [0.29, 0.717) is 35.6 Å². The van der Waals surface area contributed by atoms with Crippen LogP contribution in [0.1, 0.15) is 32.6 Å². The first-order valence-electron chi connectivity index (χ1n) is 10.8. The average Bonchev–Trinajstić information content (AvgIpc) is 2.78. The molecule has 0 aliphatic heterocycles. The number of nitrogen functional groups attached to an aromatic ring is 1. The molecule has 32 heavy (non-hydrogen) atoms. The van der Waals surface area contributed by atoms with Gasteiger partial charge in [0.2, 0.25) is 11.8 Å². The highest BCUT2D eigenvalue weighted by atomic mass is 16.5. The van der Waals surface area contributed by atoms with Gasteiger partial charge in [0.15, 0.2) is 0 Å². The first-order valence-corrected chi connectivity index (χ1v) is 10.8. The molecule has 1 aliphatic carbocycles. The molecule has 0 atom stereocenters. The normalized spacial score (nSPS) is 18.3. The van der Waals surface area contributed by atoms with Crippen molar-refractivity contribution in [2.45, 2.75) is 39.2 Å². The Balaban J connectivity index is 1.54. The summed E-state index contributed by atoms with van der Waals surface area (Å²) in [5.41, 5.74) is 5.42. The molecule has 1 aliphatic rings. The third kappa shape index (κ3) is 4.99. The largest absolute Gasteiger partial charge is 0.439 e. The molecule has 0 unspecified atom stereocenters. The van der Waals surface area contributed by atoms with Crippen LogP contribution in [-0.2, 0) is 13.6 Å². The van der Waals surface area contributed by atoms with Crippen molar-refractivity contribution in [1.29, 1.82) is 0 Å². The lowest BCUT2D eigenvalue weighted by Gasteiger charge is -2.27. The van der Waals surface area contributed by atoms with E-state index in [4.69, 9.17) is 10.5 Å². The van der Waals surface area contributed by atoms with Crippen LogP contribution in [0.15, 0.2) is 52.1 Å². The maximum Gasteiger partial charge on any atom is 0.354 e. The molecule has 1 fully saturated rings. The molecule has 4 rings (SSSR count). The van der Waals surface area contributed by atoms with E-state index in [1.54, 1.807) is 47.0 Å². The van der Waals surface area contributed by atoms with E-state index < -0.39 is 5.69 Å². The van der Waals surface area contributed by atoms with Gasteiger partial charge in [0, 0.05) is 25.3 Å². The third-order valence-corrected chi connectivity index (χ3v) is 5.92. The van der Waals surface area contributed by atoms with E-state index in [1.807, 2.05) is 0 Å². The summed E-state index contributed by atoms with van der Waals surface area (Å²) in [5, 5.41) is 3.13. The molecular weight excluding hydrogens is 408 g/mol. The summed E-state index contributed by atoms with van der Waals surface area (Å²) in [6.07, 6.45) is 4.45. The van der Waals surface area contributed by atoms with Gasteiger partial charge in [-0.05, 0) is 55.0 Å². The second kappa shape index (κ2) is 9.25. The van der Waals surface area contributed by atoms with Gasteiger partial charge in [-0.25, -0.2) is 14.2 Å². The van der Waals surface area contributed by atoms with E-state index in [-0.39, 0.29) is 11.6 Å². The lowest BCUT2D eigenvalue weighted by molar-refractivity contribution is 0.261. The fourth-order valence-electron chi connectivity index (χ4n) is 3.95. The van der Waals surface area contributed by atoms with Gasteiger partial charge < -0.3 is 15.8 Å². The van der Waals surface area contributed by atoms with Crippen LogP contribution in [0.5, 0.6) is 11.6 Å². The molecule has 0 bridgehead atoms. The second-order valence-electron chi connectivity index (χ2n) is 8.45. The Kier molecular flexibility index (Phi) is 6.25. The summed E-state index contributed by atoms with van der Waals surface area (Å²) >= 11 is 0. The fourth-order valence-corrected chi connectivity index (χ4v) is 3.95. The van der Waals surface area contributed by atoms with E-state index in [9.17, 15) is 9.59 Å². The minimum absolute atomic E-state index is 0.253. The summed E-state index contributed by atoms with van der Waals surface area (Å²) in [4.78, 5) is 33.2. The Morgan fingerprint density at radius 1 is 1.06 bits per heavy atom. The van der Waals surface area contributed by atoms with Crippen molar-refractivity contribution in [2.24, 2.45) is 18.9 Å². The molecule has 0 saturated heterocycles. The van der Waals surface area contributed by atoms with Gasteiger partial charge in [-0.1, -0.05) is 25.8 Å². The van der Waals surface area contributed by atoms with Crippen LogP contribution >= 0.6 is 0 Å². The maximum atomic E-state index is 12.8. The number of hydrogen-bond donors (Lipinski definition) is 2. The molecule has 1 saturated carbocycles. The highest BCUT2D eigenvalue weighted by molar-refractivity contribution is 5.55. The van der Waals surface area contributed by atoms with Crippen LogP contribution in [0.4, 0.5) is 17.5 Å². The van der Waals surface area contributed by atoms with Gasteiger partial charge in [0.1, 0.15) is 11.6 Å². The summed E-state index contributed by atoms with van der Waals surface area (Å²) in [7, 11) is 1.46. The van der Waals surface area contributed by atoms with Gasteiger partial charge in [-0.3, -0.25) is 4.57 Å². The fraction of sp³-hybridized carbons (Fsp3) is 0.391. The van der Waals surface area contributed by atoms with E-state index in [0.717, 1.165) is 36.2 Å². The average molecular weight is 437 g/mol. The van der Waals surface area contributed by atoms with Crippen molar-refractivity contribution in [1.82, 2.24) is 19.1 Å². The number of nitrogens with zero attached hydrogens (tertiary/aromatic N) is 4. The van der Waals surface area contributed by atoms with Gasteiger partial charge in [0.25, 0.3) is 0 Å². The molecule has 0 radical (unpaired) electrons. The molecule has 0 spiro atoms. The van der Waals surface area contributed by atoms with Crippen molar-refractivity contribution in [3.05, 3.63) is 63.4 Å². The molecule has 168 valence electrons. The Labute approximate surface area is 185 Å². The van der Waals surface area contributed by atoms with Crippen molar-refractivity contribution in [3.8, 4) is 11.6 Å². The molecular formula is C23H28N6O3. The third-order valence-electron chi connectivity index (χ3n) is 5.92. The number of aromatic nitrogens is 4. The Bertz CT molecular complexity index is 1190. The van der Waals surface area contributed by atoms with Gasteiger partial charge in [-0.15, -0.1) is 0 Å². The molecule has 9 heteroatoms. The minimum atomic E-state index is -0.585. The zero-order valence-corrected chi connectivity index (χ0v) is 18.3. The summed E-state index contributed by atoms with van der Waals surface area (Å²) in [6.45, 7) is 2.80. The number of pyridine rings is 1. The van der Waals surface area contributed by atoms with Gasteiger partial charge >= 0.3 is 11.4 Å². The molecule has 2 heterocycles. The van der Waals surface area contributed by atoms with Crippen LogP contribution in [0.25, 0.3) is 0 Å². The van der Waals surface area contributed by atoms with Gasteiger partial charge in [-0.2, -0.15) is 9.97 Å². The van der Waals surface area contributed by atoms with Crippen LogP contribution < -0.4 is 27.2 Å². The lowest BCUT2D eigenvalue weighted by Crippen LogP contribution is -2.42. The topological polar surface area (TPSA) is 117 Å². The van der Waals surface area contributed by atoms with Crippen molar-refractivity contribution in [3.63, 3.8) is 0 Å². The van der Waals surface area contributed by atoms with Crippen molar-refractivity contribution in [2.75, 3.05) is 11.1 Å². The summed E-state index contributed by atoms with van der Waals surface area (Å²) < 4.78 is 8.33. The van der Waals surface area contributed by atoms with Crippen LogP contribution in [0.2, 0.25) is 0 Å². The number of rotatable bonds is 6. The molecule has 2 aromatic heterocycles. The van der Waals surface area contributed by atoms with Crippen LogP contribution in [0, 0.1) is 11.8 Å². The van der Waals surface area contributed by atoms with E-state index >= 15 is 0 Å². The zero-order chi connectivity index (χ0) is 22.7. The molecule has 3 N–H and O–H groups in total.